The molecule has 1 saturated heterocycles. The molecule has 1 aliphatic heterocycles. The molecule has 2 heterocycles. The Bertz CT molecular complexity index is 1230. The van der Waals surface area contributed by atoms with Gasteiger partial charge in [0, 0.05) is 30.8 Å². The molecule has 8 heteroatoms. The van der Waals surface area contributed by atoms with Crippen LogP contribution in [0.5, 0.6) is 0 Å². The van der Waals surface area contributed by atoms with Gasteiger partial charge in [0.15, 0.2) is 5.11 Å². The molecular weight excluding hydrogens is 436 g/mol. The van der Waals surface area contributed by atoms with Gasteiger partial charge in [-0.15, -0.1) is 0 Å². The molecule has 2 amide bonds. The number of benzene rings is 2. The average molecular weight is 463 g/mol. The van der Waals surface area contributed by atoms with E-state index in [0.29, 0.717) is 29.6 Å². The fraction of sp³-hybridized carbons (Fsp3) is 0.240. The fourth-order valence-electron chi connectivity index (χ4n) is 4.00. The largest absolute Gasteiger partial charge is 0.383 e. The van der Waals surface area contributed by atoms with Gasteiger partial charge < -0.3 is 19.9 Å². The summed E-state index contributed by atoms with van der Waals surface area (Å²) in [6, 6.07) is 15.4. The number of hydrogen-bond acceptors (Lipinski definition) is 4. The van der Waals surface area contributed by atoms with E-state index >= 15 is 0 Å². The van der Waals surface area contributed by atoms with E-state index < -0.39 is 0 Å². The van der Waals surface area contributed by atoms with Crippen molar-refractivity contribution in [2.75, 3.05) is 25.2 Å². The van der Waals surface area contributed by atoms with E-state index in [1.54, 1.807) is 13.2 Å². The van der Waals surface area contributed by atoms with E-state index in [4.69, 9.17) is 17.0 Å². The van der Waals surface area contributed by atoms with Crippen molar-refractivity contribution in [1.29, 1.82) is 0 Å². The Labute approximate surface area is 198 Å². The minimum absolute atomic E-state index is 0.0967. The number of carbonyl (C=O) groups is 2. The third-order valence-corrected chi connectivity index (χ3v) is 5.81. The van der Waals surface area contributed by atoms with E-state index in [1.165, 1.54) is 4.90 Å². The third kappa shape index (κ3) is 4.67. The molecule has 0 bridgehead atoms. The first-order chi connectivity index (χ1) is 16.0. The minimum Gasteiger partial charge on any atom is -0.383 e. The first-order valence-corrected chi connectivity index (χ1v) is 11.2. The number of aryl methyl sites for hydroxylation is 1. The summed E-state index contributed by atoms with van der Waals surface area (Å²) < 4.78 is 6.94. The quantitative estimate of drug-likeness (QED) is 0.305. The highest BCUT2D eigenvalue weighted by Crippen LogP contribution is 2.29. The van der Waals surface area contributed by atoms with Gasteiger partial charge >= 0.3 is 0 Å². The van der Waals surface area contributed by atoms with Crippen molar-refractivity contribution in [1.82, 2.24) is 15.2 Å². The summed E-state index contributed by atoms with van der Waals surface area (Å²) in [6.07, 6.45) is 4.54. The van der Waals surface area contributed by atoms with Crippen LogP contribution in [-0.4, -0.2) is 41.8 Å². The Balaban J connectivity index is 1.70. The molecule has 1 fully saturated rings. The molecular formula is C25H26N4O3S. The standard InChI is InChI=1S/C25H26N4O3S/c1-3-17-8-7-11-20-18(15-28(23(17)20)16-22(30)26-12-13-32-2)14-21-24(31)29(25(33)27-21)19-9-5-4-6-10-19/h4-11,14-15H,3,12-13,16H2,1-2H3,(H,26,30)(H,27,33)/b21-14-. The predicted octanol–water partition coefficient (Wildman–Crippen LogP) is 3.23. The van der Waals surface area contributed by atoms with Gasteiger partial charge in [0.2, 0.25) is 5.91 Å². The van der Waals surface area contributed by atoms with Crippen LogP contribution in [0, 0.1) is 0 Å². The van der Waals surface area contributed by atoms with Gasteiger partial charge in [0.1, 0.15) is 12.2 Å². The number of amides is 2. The highest BCUT2D eigenvalue weighted by atomic mass is 32.1. The molecule has 0 spiro atoms. The van der Waals surface area contributed by atoms with Crippen molar-refractivity contribution in [3.8, 4) is 0 Å². The molecule has 0 radical (unpaired) electrons. The van der Waals surface area contributed by atoms with E-state index in [-0.39, 0.29) is 18.4 Å². The maximum atomic E-state index is 13.1. The van der Waals surface area contributed by atoms with Gasteiger partial charge in [-0.3, -0.25) is 14.5 Å². The topological polar surface area (TPSA) is 75.6 Å². The lowest BCUT2D eigenvalue weighted by atomic mass is 10.1. The Morgan fingerprint density at radius 1 is 1.18 bits per heavy atom. The third-order valence-electron chi connectivity index (χ3n) is 5.53. The van der Waals surface area contributed by atoms with E-state index in [1.807, 2.05) is 53.2 Å². The molecule has 0 aliphatic carbocycles. The predicted molar refractivity (Wildman–Crippen MR) is 134 cm³/mol. The molecule has 33 heavy (non-hydrogen) atoms. The zero-order chi connectivity index (χ0) is 23.4. The molecule has 1 aromatic heterocycles. The number of anilines is 1. The number of carbonyl (C=O) groups excluding carboxylic acids is 2. The second kappa shape index (κ2) is 9.97. The fourth-order valence-corrected chi connectivity index (χ4v) is 4.29. The summed E-state index contributed by atoms with van der Waals surface area (Å²) in [5, 5.41) is 7.23. The van der Waals surface area contributed by atoms with E-state index in [2.05, 4.69) is 23.6 Å². The lowest BCUT2D eigenvalue weighted by molar-refractivity contribution is -0.121. The smallest absolute Gasteiger partial charge is 0.281 e. The average Bonchev–Trinajstić information content (AvgIpc) is 3.30. The van der Waals surface area contributed by atoms with Crippen LogP contribution < -0.4 is 15.5 Å². The molecule has 170 valence electrons. The summed E-state index contributed by atoms with van der Waals surface area (Å²) >= 11 is 5.43. The number of para-hydroxylation sites is 2. The number of hydrogen-bond donors (Lipinski definition) is 2. The molecule has 0 saturated carbocycles. The molecule has 1 aliphatic rings. The summed E-state index contributed by atoms with van der Waals surface area (Å²) in [7, 11) is 1.60. The second-order valence-corrected chi connectivity index (χ2v) is 8.07. The van der Waals surface area contributed by atoms with Crippen molar-refractivity contribution in [2.45, 2.75) is 19.9 Å². The lowest BCUT2D eigenvalue weighted by Gasteiger charge is -2.13. The van der Waals surface area contributed by atoms with Gasteiger partial charge in [-0.2, -0.15) is 0 Å². The maximum absolute atomic E-state index is 13.1. The van der Waals surface area contributed by atoms with Crippen molar-refractivity contribution in [2.24, 2.45) is 0 Å². The first-order valence-electron chi connectivity index (χ1n) is 10.8. The van der Waals surface area contributed by atoms with Gasteiger partial charge in [-0.25, -0.2) is 0 Å². The number of thiocarbonyl (C=S) groups is 1. The minimum atomic E-state index is -0.212. The molecule has 0 atom stereocenters. The SMILES string of the molecule is CCc1cccc2c(/C=C3\NC(=S)N(c4ccccc4)C3=O)cn(CC(=O)NCCOC)c12. The van der Waals surface area contributed by atoms with Crippen LogP contribution in [-0.2, 0) is 27.3 Å². The van der Waals surface area contributed by atoms with Gasteiger partial charge in [0.25, 0.3) is 5.91 Å². The molecule has 4 rings (SSSR count). The van der Waals surface area contributed by atoms with Crippen LogP contribution in [0.1, 0.15) is 18.1 Å². The molecule has 7 nitrogen and oxygen atoms in total. The monoisotopic (exact) mass is 462 g/mol. The van der Waals surface area contributed by atoms with Crippen molar-refractivity contribution < 1.29 is 14.3 Å². The number of rotatable bonds is 8. The number of nitrogens with one attached hydrogen (secondary N) is 2. The maximum Gasteiger partial charge on any atom is 0.281 e. The highest BCUT2D eigenvalue weighted by Gasteiger charge is 2.32. The zero-order valence-corrected chi connectivity index (χ0v) is 19.4. The number of methoxy groups -OCH3 is 1. The number of fused-ring (bicyclic) bond motifs is 1. The summed E-state index contributed by atoms with van der Waals surface area (Å²) in [6.45, 7) is 3.18. The van der Waals surface area contributed by atoms with Crippen LogP contribution in [0.4, 0.5) is 5.69 Å². The van der Waals surface area contributed by atoms with Crippen molar-refractivity contribution >= 4 is 51.8 Å². The second-order valence-electron chi connectivity index (χ2n) is 7.69. The Kier molecular flexibility index (Phi) is 6.86. The molecule has 2 aromatic carbocycles. The highest BCUT2D eigenvalue weighted by molar-refractivity contribution is 7.80. The van der Waals surface area contributed by atoms with Crippen molar-refractivity contribution in [3.05, 3.63) is 71.6 Å². The van der Waals surface area contributed by atoms with E-state index in [0.717, 1.165) is 28.5 Å². The summed E-state index contributed by atoms with van der Waals surface area (Å²) in [5.74, 6) is -0.309. The Morgan fingerprint density at radius 3 is 2.70 bits per heavy atom. The first kappa shape index (κ1) is 22.7. The normalized spacial score (nSPS) is 14.8. The van der Waals surface area contributed by atoms with Crippen LogP contribution >= 0.6 is 12.2 Å². The van der Waals surface area contributed by atoms with Gasteiger partial charge in [-0.05, 0) is 42.4 Å². The van der Waals surface area contributed by atoms with Crippen LogP contribution in [0.15, 0.2) is 60.4 Å². The van der Waals surface area contributed by atoms with Gasteiger partial charge in [-0.1, -0.05) is 43.3 Å². The summed E-state index contributed by atoms with van der Waals surface area (Å²) in [5.41, 5.74) is 4.08. The Morgan fingerprint density at radius 2 is 1.97 bits per heavy atom. The number of aromatic nitrogens is 1. The van der Waals surface area contributed by atoms with Crippen LogP contribution in [0.2, 0.25) is 0 Å². The lowest BCUT2D eigenvalue weighted by Crippen LogP contribution is -2.30. The van der Waals surface area contributed by atoms with E-state index in [9.17, 15) is 9.59 Å². The molecule has 0 unspecified atom stereocenters. The van der Waals surface area contributed by atoms with Gasteiger partial charge in [0.05, 0.1) is 17.8 Å². The molecule has 3 aromatic rings. The zero-order valence-electron chi connectivity index (χ0n) is 18.6. The van der Waals surface area contributed by atoms with Crippen molar-refractivity contribution in [3.63, 3.8) is 0 Å². The summed E-state index contributed by atoms with van der Waals surface area (Å²) in [4.78, 5) is 27.1. The Hall–Kier alpha value is -3.49. The number of ether oxygens (including phenoxy) is 1. The molecule has 2 N–H and O–H groups in total. The van der Waals surface area contributed by atoms with Crippen LogP contribution in [0.25, 0.3) is 17.0 Å². The van der Waals surface area contributed by atoms with Crippen LogP contribution in [0.3, 0.4) is 0 Å². The number of nitrogens with zero attached hydrogens (tertiary/aromatic N) is 2.